The Morgan fingerprint density at radius 2 is 2.00 bits per heavy atom. The Bertz CT molecular complexity index is 476. The van der Waals surface area contributed by atoms with E-state index in [-0.39, 0.29) is 0 Å². The van der Waals surface area contributed by atoms with Crippen LogP contribution in [-0.4, -0.2) is 21.0 Å². The minimum Gasteiger partial charge on any atom is -0.309 e. The van der Waals surface area contributed by atoms with Gasteiger partial charge in [0.15, 0.2) is 0 Å². The fraction of sp³-hybridized carbons (Fsp3) is 0.333. The van der Waals surface area contributed by atoms with Crippen molar-refractivity contribution in [3.63, 3.8) is 0 Å². The highest BCUT2D eigenvalue weighted by Gasteiger charge is 2.03. The quantitative estimate of drug-likeness (QED) is 0.868. The monoisotopic (exact) mass is 342 g/mol. The summed E-state index contributed by atoms with van der Waals surface area (Å²) in [6.07, 6.45) is 1.96. The summed E-state index contributed by atoms with van der Waals surface area (Å²) in [5.74, 6) is 0. The molecule has 17 heavy (non-hydrogen) atoms. The molecule has 0 aliphatic carbocycles. The topological polar surface area (TPSA) is 42.7 Å². The van der Waals surface area contributed by atoms with Gasteiger partial charge in [-0.05, 0) is 46.9 Å². The molecule has 1 aromatic carbocycles. The molecular formula is C12H15IN4. The summed E-state index contributed by atoms with van der Waals surface area (Å²) in [7, 11) is 0. The maximum Gasteiger partial charge on any atom is 0.0969 e. The molecule has 0 saturated heterocycles. The molecule has 0 fully saturated rings. The minimum atomic E-state index is 0.457. The van der Waals surface area contributed by atoms with Crippen molar-refractivity contribution >= 4 is 22.6 Å². The maximum absolute atomic E-state index is 4.14. The molecule has 0 bridgehead atoms. The van der Waals surface area contributed by atoms with E-state index in [1.54, 1.807) is 4.68 Å². The summed E-state index contributed by atoms with van der Waals surface area (Å²) in [5, 5.41) is 11.6. The highest BCUT2D eigenvalue weighted by atomic mass is 127. The van der Waals surface area contributed by atoms with Gasteiger partial charge in [0.25, 0.3) is 0 Å². The first-order valence-electron chi connectivity index (χ1n) is 5.55. The summed E-state index contributed by atoms with van der Waals surface area (Å²) < 4.78 is 3.01. The summed E-state index contributed by atoms with van der Waals surface area (Å²) in [6, 6.07) is 8.65. The van der Waals surface area contributed by atoms with Gasteiger partial charge in [-0.15, -0.1) is 5.10 Å². The molecule has 2 aromatic rings. The third-order valence-electron chi connectivity index (χ3n) is 2.32. The lowest BCUT2D eigenvalue weighted by molar-refractivity contribution is 0.580. The first-order chi connectivity index (χ1) is 8.15. The van der Waals surface area contributed by atoms with E-state index in [1.807, 2.05) is 18.3 Å². The van der Waals surface area contributed by atoms with Crippen LogP contribution in [0.3, 0.4) is 0 Å². The molecule has 0 aliphatic rings. The molecule has 0 atom stereocenters. The smallest absolute Gasteiger partial charge is 0.0969 e. The van der Waals surface area contributed by atoms with E-state index >= 15 is 0 Å². The number of hydrogen-bond acceptors (Lipinski definition) is 3. The standard InChI is InChI=1S/C12H15IN4/c1-9(2)14-7-11-8-17(16-15-11)12-5-3-10(13)4-6-12/h3-6,8-9,14H,7H2,1-2H3. The molecule has 4 nitrogen and oxygen atoms in total. The van der Waals surface area contributed by atoms with Crippen molar-refractivity contribution in [2.75, 3.05) is 0 Å². The molecule has 0 radical (unpaired) electrons. The highest BCUT2D eigenvalue weighted by Crippen LogP contribution is 2.10. The van der Waals surface area contributed by atoms with Crippen LogP contribution in [0.4, 0.5) is 0 Å². The predicted molar refractivity (Wildman–Crippen MR) is 76.1 cm³/mol. The van der Waals surface area contributed by atoms with Gasteiger partial charge < -0.3 is 5.32 Å². The lowest BCUT2D eigenvalue weighted by Gasteiger charge is -2.04. The number of halogens is 1. The first kappa shape index (κ1) is 12.5. The Morgan fingerprint density at radius 1 is 1.29 bits per heavy atom. The lowest BCUT2D eigenvalue weighted by Crippen LogP contribution is -2.21. The van der Waals surface area contributed by atoms with Gasteiger partial charge in [-0.25, -0.2) is 4.68 Å². The average Bonchev–Trinajstić information content (AvgIpc) is 2.76. The highest BCUT2D eigenvalue weighted by molar-refractivity contribution is 14.1. The maximum atomic E-state index is 4.14. The third kappa shape index (κ3) is 3.50. The van der Waals surface area contributed by atoms with Crippen LogP contribution in [0, 0.1) is 3.57 Å². The second-order valence-electron chi connectivity index (χ2n) is 4.17. The normalized spacial score (nSPS) is 11.1. The van der Waals surface area contributed by atoms with Crippen LogP contribution in [0.2, 0.25) is 0 Å². The van der Waals surface area contributed by atoms with Crippen LogP contribution in [0.25, 0.3) is 5.69 Å². The SMILES string of the molecule is CC(C)NCc1cn(-c2ccc(I)cc2)nn1. The zero-order chi connectivity index (χ0) is 12.3. The van der Waals surface area contributed by atoms with E-state index in [2.05, 4.69) is 64.2 Å². The average molecular weight is 342 g/mol. The van der Waals surface area contributed by atoms with Gasteiger partial charge in [-0.3, -0.25) is 0 Å². The van der Waals surface area contributed by atoms with E-state index in [0.29, 0.717) is 6.04 Å². The number of benzene rings is 1. The van der Waals surface area contributed by atoms with Gasteiger partial charge in [0.2, 0.25) is 0 Å². The van der Waals surface area contributed by atoms with Crippen LogP contribution < -0.4 is 5.32 Å². The second kappa shape index (κ2) is 5.59. The number of nitrogens with zero attached hydrogens (tertiary/aromatic N) is 3. The summed E-state index contributed by atoms with van der Waals surface area (Å²) in [4.78, 5) is 0. The number of nitrogens with one attached hydrogen (secondary N) is 1. The molecule has 1 aromatic heterocycles. The van der Waals surface area contributed by atoms with Gasteiger partial charge in [-0.2, -0.15) is 0 Å². The third-order valence-corrected chi connectivity index (χ3v) is 3.04. The molecule has 0 amide bonds. The Hall–Kier alpha value is -0.950. The van der Waals surface area contributed by atoms with Gasteiger partial charge in [0.05, 0.1) is 17.6 Å². The number of hydrogen-bond donors (Lipinski definition) is 1. The van der Waals surface area contributed by atoms with Crippen LogP contribution in [0.1, 0.15) is 19.5 Å². The lowest BCUT2D eigenvalue weighted by atomic mass is 10.3. The first-order valence-corrected chi connectivity index (χ1v) is 6.63. The Labute approximate surface area is 115 Å². The molecular weight excluding hydrogens is 327 g/mol. The molecule has 0 saturated carbocycles. The van der Waals surface area contributed by atoms with Crippen LogP contribution in [-0.2, 0) is 6.54 Å². The molecule has 0 unspecified atom stereocenters. The van der Waals surface area contributed by atoms with Crippen LogP contribution >= 0.6 is 22.6 Å². The van der Waals surface area contributed by atoms with Gasteiger partial charge in [0.1, 0.15) is 0 Å². The van der Waals surface area contributed by atoms with E-state index in [9.17, 15) is 0 Å². The minimum absolute atomic E-state index is 0.457. The fourth-order valence-corrected chi connectivity index (χ4v) is 1.77. The van der Waals surface area contributed by atoms with Crippen molar-refractivity contribution in [3.05, 3.63) is 39.7 Å². The largest absolute Gasteiger partial charge is 0.309 e. The predicted octanol–water partition coefficient (Wildman–Crippen LogP) is 2.37. The molecule has 5 heteroatoms. The zero-order valence-corrected chi connectivity index (χ0v) is 12.0. The van der Waals surface area contributed by atoms with Gasteiger partial charge in [-0.1, -0.05) is 19.1 Å². The van der Waals surface area contributed by atoms with Crippen molar-refractivity contribution in [2.24, 2.45) is 0 Å². The summed E-state index contributed by atoms with van der Waals surface area (Å²) >= 11 is 2.29. The number of aromatic nitrogens is 3. The van der Waals surface area contributed by atoms with Crippen LogP contribution in [0.5, 0.6) is 0 Å². The molecule has 90 valence electrons. The Balaban J connectivity index is 2.10. The second-order valence-corrected chi connectivity index (χ2v) is 5.41. The Morgan fingerprint density at radius 3 is 2.65 bits per heavy atom. The van der Waals surface area contributed by atoms with Crippen LogP contribution in [0.15, 0.2) is 30.5 Å². The van der Waals surface area contributed by atoms with Crippen molar-refractivity contribution in [1.29, 1.82) is 0 Å². The van der Waals surface area contributed by atoms with Crippen molar-refractivity contribution in [3.8, 4) is 5.69 Å². The van der Waals surface area contributed by atoms with E-state index in [1.165, 1.54) is 3.57 Å². The molecule has 2 rings (SSSR count). The molecule has 0 aliphatic heterocycles. The van der Waals surface area contributed by atoms with E-state index < -0.39 is 0 Å². The summed E-state index contributed by atoms with van der Waals surface area (Å²) in [5.41, 5.74) is 1.99. The fourth-order valence-electron chi connectivity index (χ4n) is 1.41. The van der Waals surface area contributed by atoms with Crippen molar-refractivity contribution in [2.45, 2.75) is 26.4 Å². The van der Waals surface area contributed by atoms with Crippen molar-refractivity contribution < 1.29 is 0 Å². The van der Waals surface area contributed by atoms with E-state index in [4.69, 9.17) is 0 Å². The van der Waals surface area contributed by atoms with E-state index in [0.717, 1.165) is 17.9 Å². The van der Waals surface area contributed by atoms with Crippen molar-refractivity contribution in [1.82, 2.24) is 20.3 Å². The molecule has 1 heterocycles. The Kier molecular flexibility index (Phi) is 4.11. The van der Waals surface area contributed by atoms with Gasteiger partial charge in [0, 0.05) is 16.2 Å². The molecule has 0 spiro atoms. The zero-order valence-electron chi connectivity index (χ0n) is 9.89. The molecule has 1 N–H and O–H groups in total. The summed E-state index contributed by atoms with van der Waals surface area (Å²) in [6.45, 7) is 4.98. The van der Waals surface area contributed by atoms with Gasteiger partial charge >= 0.3 is 0 Å². The number of rotatable bonds is 4.